The van der Waals surface area contributed by atoms with Gasteiger partial charge in [-0.25, -0.2) is 8.42 Å². The maximum absolute atomic E-state index is 13.0. The molecule has 8 nitrogen and oxygen atoms in total. The van der Waals surface area contributed by atoms with Crippen LogP contribution in [0.2, 0.25) is 5.02 Å². The topological polar surface area (TPSA) is 122 Å². The molecule has 0 saturated carbocycles. The molecule has 0 spiro atoms. The fraction of sp³-hybridized carbons (Fsp3) is 0.130. The van der Waals surface area contributed by atoms with Crippen LogP contribution in [0.3, 0.4) is 0 Å². The first-order valence-electron chi connectivity index (χ1n) is 9.90. The van der Waals surface area contributed by atoms with Crippen molar-refractivity contribution in [2.45, 2.75) is 17.4 Å². The first kappa shape index (κ1) is 25.9. The molecule has 0 saturated heterocycles. The number of carboxylic acids is 1. The number of rotatable bonds is 10. The zero-order valence-electron chi connectivity index (χ0n) is 17.6. The third-order valence-electron chi connectivity index (χ3n) is 4.54. The van der Waals surface area contributed by atoms with Crippen molar-refractivity contribution in [3.63, 3.8) is 0 Å². The monoisotopic (exact) mass is 614 g/mol. The van der Waals surface area contributed by atoms with Crippen LogP contribution >= 0.6 is 34.2 Å². The Morgan fingerprint density at radius 1 is 0.971 bits per heavy atom. The number of ether oxygens (including phenoxy) is 1. The Morgan fingerprint density at radius 3 is 2.18 bits per heavy atom. The molecular weight excluding hydrogens is 595 g/mol. The summed E-state index contributed by atoms with van der Waals surface area (Å²) < 4.78 is 34.7. The van der Waals surface area contributed by atoms with Gasteiger partial charge in [0.2, 0.25) is 15.9 Å². The number of sulfonamides is 1. The van der Waals surface area contributed by atoms with Gasteiger partial charge in [-0.05, 0) is 88.8 Å². The van der Waals surface area contributed by atoms with Crippen LogP contribution in [0.25, 0.3) is 0 Å². The molecular formula is C23H20ClIN2O6S. The Bertz CT molecular complexity index is 1250. The van der Waals surface area contributed by atoms with E-state index in [1.807, 2.05) is 0 Å². The number of hydrogen-bond acceptors (Lipinski definition) is 5. The molecule has 3 aromatic rings. The van der Waals surface area contributed by atoms with Gasteiger partial charge in [0.1, 0.15) is 18.4 Å². The van der Waals surface area contributed by atoms with Gasteiger partial charge in [-0.1, -0.05) is 23.7 Å². The fourth-order valence-corrected chi connectivity index (χ4v) is 4.52. The normalized spacial score (nSPS) is 12.1. The smallest absolute Gasteiger partial charge is 0.307 e. The van der Waals surface area contributed by atoms with Crippen molar-refractivity contribution in [3.05, 3.63) is 87.0 Å². The van der Waals surface area contributed by atoms with Gasteiger partial charge < -0.3 is 15.2 Å². The molecule has 3 N–H and O–H groups in total. The van der Waals surface area contributed by atoms with Crippen LogP contribution in [0.1, 0.15) is 5.56 Å². The van der Waals surface area contributed by atoms with Crippen molar-refractivity contribution in [2.24, 2.45) is 0 Å². The van der Waals surface area contributed by atoms with Gasteiger partial charge in [0.15, 0.2) is 0 Å². The quantitative estimate of drug-likeness (QED) is 0.298. The number of nitrogens with one attached hydrogen (secondary N) is 2. The number of benzene rings is 3. The summed E-state index contributed by atoms with van der Waals surface area (Å²) in [6.45, 7) is -0.284. The van der Waals surface area contributed by atoms with Gasteiger partial charge in [-0.2, -0.15) is 4.72 Å². The molecule has 0 bridgehead atoms. The first-order valence-corrected chi connectivity index (χ1v) is 12.8. The lowest BCUT2D eigenvalue weighted by atomic mass is 10.1. The summed E-state index contributed by atoms with van der Waals surface area (Å²) in [5, 5.41) is 12.0. The Labute approximate surface area is 215 Å². The van der Waals surface area contributed by atoms with Gasteiger partial charge in [0.05, 0.1) is 11.3 Å². The second-order valence-electron chi connectivity index (χ2n) is 7.15. The third-order valence-corrected chi connectivity index (χ3v) is 7.00. The van der Waals surface area contributed by atoms with E-state index in [0.717, 1.165) is 3.57 Å². The summed E-state index contributed by atoms with van der Waals surface area (Å²) in [6.07, 6.45) is -0.151. The van der Waals surface area contributed by atoms with E-state index in [-0.39, 0.29) is 17.9 Å². The molecule has 0 fully saturated rings. The number of halogens is 2. The van der Waals surface area contributed by atoms with Crippen LogP contribution < -0.4 is 14.8 Å². The van der Waals surface area contributed by atoms with Gasteiger partial charge in [-0.15, -0.1) is 0 Å². The fourth-order valence-electron chi connectivity index (χ4n) is 2.85. The van der Waals surface area contributed by atoms with Crippen LogP contribution in [-0.4, -0.2) is 38.0 Å². The molecule has 3 rings (SSSR count). The minimum Gasteiger partial charge on any atom is -0.491 e. The Kier molecular flexibility index (Phi) is 8.89. The number of amides is 1. The number of anilines is 1. The largest absolute Gasteiger partial charge is 0.491 e. The highest BCUT2D eigenvalue weighted by Gasteiger charge is 2.27. The molecule has 0 aliphatic rings. The molecule has 0 heterocycles. The molecule has 0 radical (unpaired) electrons. The van der Waals surface area contributed by atoms with E-state index in [2.05, 4.69) is 32.6 Å². The van der Waals surface area contributed by atoms with E-state index in [1.165, 1.54) is 12.1 Å². The third kappa shape index (κ3) is 7.69. The summed E-state index contributed by atoms with van der Waals surface area (Å²) in [4.78, 5) is 23.8. The Hall–Kier alpha value is -2.67. The molecule has 0 aromatic heterocycles. The number of hydrogen-bond donors (Lipinski definition) is 3. The maximum atomic E-state index is 13.0. The second-order valence-corrected chi connectivity index (χ2v) is 10.5. The molecule has 0 unspecified atom stereocenters. The van der Waals surface area contributed by atoms with Crippen LogP contribution in [-0.2, 0) is 26.0 Å². The van der Waals surface area contributed by atoms with Crippen molar-refractivity contribution in [3.8, 4) is 5.75 Å². The van der Waals surface area contributed by atoms with Crippen LogP contribution in [0.15, 0.2) is 77.7 Å². The highest BCUT2D eigenvalue weighted by Crippen LogP contribution is 2.17. The van der Waals surface area contributed by atoms with E-state index in [1.54, 1.807) is 60.7 Å². The van der Waals surface area contributed by atoms with Crippen molar-refractivity contribution in [1.82, 2.24) is 4.72 Å². The van der Waals surface area contributed by atoms with E-state index in [0.29, 0.717) is 22.0 Å². The Morgan fingerprint density at radius 2 is 1.59 bits per heavy atom. The number of carbonyl (C=O) groups is 2. The van der Waals surface area contributed by atoms with Crippen molar-refractivity contribution in [2.75, 3.05) is 11.9 Å². The van der Waals surface area contributed by atoms with Crippen molar-refractivity contribution in [1.29, 1.82) is 0 Å². The molecule has 11 heteroatoms. The minimum atomic E-state index is -4.03. The molecule has 1 amide bonds. The molecule has 0 aliphatic heterocycles. The highest BCUT2D eigenvalue weighted by molar-refractivity contribution is 14.1. The Balaban J connectivity index is 1.78. The summed E-state index contributed by atoms with van der Waals surface area (Å²) in [5.41, 5.74) is 0.941. The number of carbonyl (C=O) groups excluding carboxylic acids is 1. The molecule has 0 aliphatic carbocycles. The molecule has 34 heavy (non-hydrogen) atoms. The first-order chi connectivity index (χ1) is 16.1. The van der Waals surface area contributed by atoms with Gasteiger partial charge in [0, 0.05) is 14.3 Å². The average molecular weight is 615 g/mol. The van der Waals surface area contributed by atoms with Crippen molar-refractivity contribution >= 4 is 61.8 Å². The van der Waals surface area contributed by atoms with E-state index >= 15 is 0 Å². The van der Waals surface area contributed by atoms with Crippen LogP contribution in [0, 0.1) is 3.57 Å². The molecule has 178 valence electrons. The molecule has 3 aromatic carbocycles. The van der Waals surface area contributed by atoms with E-state index in [9.17, 15) is 18.0 Å². The van der Waals surface area contributed by atoms with Crippen LogP contribution in [0.5, 0.6) is 5.75 Å². The predicted octanol–water partition coefficient (Wildman–Crippen LogP) is 3.94. The SMILES string of the molecule is O=C(O)Cc1ccc(NC(=O)[C@H](COc2ccc(Cl)cc2)NS(=O)(=O)c2ccc(I)cc2)cc1. The van der Waals surface area contributed by atoms with E-state index < -0.39 is 27.9 Å². The number of aliphatic carboxylic acids is 1. The highest BCUT2D eigenvalue weighted by atomic mass is 127. The van der Waals surface area contributed by atoms with Crippen molar-refractivity contribution < 1.29 is 27.9 Å². The minimum absolute atomic E-state index is 0.00947. The summed E-state index contributed by atoms with van der Waals surface area (Å²) >= 11 is 7.94. The lowest BCUT2D eigenvalue weighted by molar-refractivity contribution is -0.136. The molecule has 1 atom stereocenters. The second kappa shape index (κ2) is 11.6. The predicted molar refractivity (Wildman–Crippen MR) is 137 cm³/mol. The zero-order valence-corrected chi connectivity index (χ0v) is 21.3. The zero-order chi connectivity index (χ0) is 24.7. The maximum Gasteiger partial charge on any atom is 0.307 e. The summed E-state index contributed by atoms with van der Waals surface area (Å²) in [6, 6.07) is 17.6. The van der Waals surface area contributed by atoms with Gasteiger partial charge in [-0.3, -0.25) is 9.59 Å². The average Bonchev–Trinajstić information content (AvgIpc) is 2.79. The lowest BCUT2D eigenvalue weighted by Gasteiger charge is -2.19. The summed E-state index contributed by atoms with van der Waals surface area (Å²) in [7, 11) is -4.03. The lowest BCUT2D eigenvalue weighted by Crippen LogP contribution is -2.47. The van der Waals surface area contributed by atoms with Gasteiger partial charge >= 0.3 is 5.97 Å². The summed E-state index contributed by atoms with van der Waals surface area (Å²) in [5.74, 6) is -1.20. The number of carboxylic acid groups (broad SMARTS) is 1. The standard InChI is InChI=1S/C23H20ClIN2O6S/c24-16-3-9-19(10-4-16)33-14-21(27-34(31,32)20-11-5-17(25)6-12-20)23(30)26-18-7-1-15(2-8-18)13-22(28)29/h1-12,21,27H,13-14H2,(H,26,30)(H,28,29)/t21-/m0/s1. The van der Waals surface area contributed by atoms with Gasteiger partial charge in [0.25, 0.3) is 0 Å². The van der Waals surface area contributed by atoms with E-state index in [4.69, 9.17) is 21.4 Å². The van der Waals surface area contributed by atoms with Crippen LogP contribution in [0.4, 0.5) is 5.69 Å².